The third kappa shape index (κ3) is 2.66. The lowest BCUT2D eigenvalue weighted by molar-refractivity contribution is -0.117. The Hall–Kier alpha value is -1.91. The van der Waals surface area contributed by atoms with Crippen molar-refractivity contribution in [3.05, 3.63) is 12.1 Å². The number of nitrogens with one attached hydrogen (secondary N) is 1. The zero-order valence-electron chi connectivity index (χ0n) is 11.6. The number of anilines is 1. The molecular formula is C15H19NO4. The number of methoxy groups -OCH3 is 1. The lowest BCUT2D eigenvalue weighted by atomic mass is 10.0. The molecule has 1 amide bonds. The molecule has 3 rings (SSSR count). The van der Waals surface area contributed by atoms with Crippen LogP contribution >= 0.6 is 0 Å². The van der Waals surface area contributed by atoms with E-state index in [9.17, 15) is 4.79 Å². The van der Waals surface area contributed by atoms with Crippen LogP contribution in [0.2, 0.25) is 0 Å². The minimum Gasteiger partial charge on any atom is -0.494 e. The van der Waals surface area contributed by atoms with Crippen LogP contribution in [0, 0.1) is 5.92 Å². The van der Waals surface area contributed by atoms with Crippen molar-refractivity contribution in [3.8, 4) is 17.2 Å². The number of carbonyl (C=O) groups is 1. The highest BCUT2D eigenvalue weighted by molar-refractivity contribution is 5.93. The molecule has 1 N–H and O–H groups in total. The van der Waals surface area contributed by atoms with Gasteiger partial charge in [-0.05, 0) is 18.8 Å². The third-order valence-corrected chi connectivity index (χ3v) is 3.92. The van der Waals surface area contributed by atoms with Crippen molar-refractivity contribution in [1.29, 1.82) is 0 Å². The standard InChI is InChI=1S/C15H19NO4/c1-18-12-8-14-13(19-9-20-14)7-11(12)16-15(17)6-10-4-2-3-5-10/h7-8,10H,2-6,9H2,1H3,(H,16,17). The van der Waals surface area contributed by atoms with Crippen molar-refractivity contribution >= 4 is 11.6 Å². The summed E-state index contributed by atoms with van der Waals surface area (Å²) in [5, 5.41) is 2.92. The van der Waals surface area contributed by atoms with Gasteiger partial charge in [0.1, 0.15) is 5.75 Å². The highest BCUT2D eigenvalue weighted by Gasteiger charge is 2.21. The van der Waals surface area contributed by atoms with Gasteiger partial charge in [-0.3, -0.25) is 4.79 Å². The van der Waals surface area contributed by atoms with E-state index in [1.807, 2.05) is 0 Å². The quantitative estimate of drug-likeness (QED) is 0.919. The van der Waals surface area contributed by atoms with Crippen molar-refractivity contribution in [3.63, 3.8) is 0 Å². The van der Waals surface area contributed by atoms with Crippen LogP contribution in [-0.4, -0.2) is 19.8 Å². The smallest absolute Gasteiger partial charge is 0.231 e. The van der Waals surface area contributed by atoms with Gasteiger partial charge in [-0.25, -0.2) is 0 Å². The highest BCUT2D eigenvalue weighted by atomic mass is 16.7. The third-order valence-electron chi connectivity index (χ3n) is 3.92. The number of hydrogen-bond donors (Lipinski definition) is 1. The summed E-state index contributed by atoms with van der Waals surface area (Å²) in [6, 6.07) is 3.50. The fourth-order valence-electron chi connectivity index (χ4n) is 2.87. The average molecular weight is 277 g/mol. The maximum absolute atomic E-state index is 12.1. The Morgan fingerprint density at radius 2 is 2.00 bits per heavy atom. The van der Waals surface area contributed by atoms with E-state index in [1.54, 1.807) is 19.2 Å². The monoisotopic (exact) mass is 277 g/mol. The van der Waals surface area contributed by atoms with E-state index in [2.05, 4.69) is 5.32 Å². The zero-order chi connectivity index (χ0) is 13.9. The van der Waals surface area contributed by atoms with Gasteiger partial charge in [0.25, 0.3) is 0 Å². The van der Waals surface area contributed by atoms with Crippen LogP contribution in [0.15, 0.2) is 12.1 Å². The summed E-state index contributed by atoms with van der Waals surface area (Å²) in [6.07, 6.45) is 5.38. The van der Waals surface area contributed by atoms with E-state index in [0.717, 1.165) is 12.8 Å². The molecule has 1 aromatic carbocycles. The molecule has 5 nitrogen and oxygen atoms in total. The van der Waals surface area contributed by atoms with Gasteiger partial charge < -0.3 is 19.5 Å². The van der Waals surface area contributed by atoms with Crippen LogP contribution < -0.4 is 19.5 Å². The first-order chi connectivity index (χ1) is 9.76. The van der Waals surface area contributed by atoms with Gasteiger partial charge in [-0.15, -0.1) is 0 Å². The lowest BCUT2D eigenvalue weighted by Crippen LogP contribution is -2.15. The molecule has 5 heteroatoms. The molecule has 1 aromatic rings. The van der Waals surface area contributed by atoms with E-state index in [4.69, 9.17) is 14.2 Å². The minimum absolute atomic E-state index is 0.0362. The lowest BCUT2D eigenvalue weighted by Gasteiger charge is -2.13. The first kappa shape index (κ1) is 13.1. The minimum atomic E-state index is 0.0362. The second-order valence-electron chi connectivity index (χ2n) is 5.31. The molecule has 1 saturated carbocycles. The predicted octanol–water partition coefficient (Wildman–Crippen LogP) is 2.94. The van der Waals surface area contributed by atoms with Crippen molar-refractivity contribution in [2.75, 3.05) is 19.2 Å². The van der Waals surface area contributed by atoms with Gasteiger partial charge in [-0.2, -0.15) is 0 Å². The number of amides is 1. The molecule has 0 radical (unpaired) electrons. The summed E-state index contributed by atoms with van der Waals surface area (Å²) in [7, 11) is 1.57. The average Bonchev–Trinajstić information content (AvgIpc) is 3.08. The Bertz CT molecular complexity index is 509. The number of fused-ring (bicyclic) bond motifs is 1. The summed E-state index contributed by atoms with van der Waals surface area (Å²) < 4.78 is 15.9. The molecule has 1 fully saturated rings. The van der Waals surface area contributed by atoms with Crippen molar-refractivity contribution in [2.24, 2.45) is 5.92 Å². The van der Waals surface area contributed by atoms with Gasteiger partial charge >= 0.3 is 0 Å². The summed E-state index contributed by atoms with van der Waals surface area (Å²) in [6.45, 7) is 0.206. The van der Waals surface area contributed by atoms with Crippen LogP contribution in [0.1, 0.15) is 32.1 Å². The maximum atomic E-state index is 12.1. The Kier molecular flexibility index (Phi) is 3.67. The Morgan fingerprint density at radius 3 is 2.70 bits per heavy atom. The zero-order valence-corrected chi connectivity index (χ0v) is 11.6. The van der Waals surface area contributed by atoms with Gasteiger partial charge in [0, 0.05) is 18.6 Å². The topological polar surface area (TPSA) is 56.8 Å². The van der Waals surface area contributed by atoms with Crippen LogP contribution in [0.4, 0.5) is 5.69 Å². The molecule has 2 aliphatic rings. The maximum Gasteiger partial charge on any atom is 0.231 e. The largest absolute Gasteiger partial charge is 0.494 e. The molecule has 1 aliphatic carbocycles. The van der Waals surface area contributed by atoms with E-state index < -0.39 is 0 Å². The van der Waals surface area contributed by atoms with Crippen molar-refractivity contribution < 1.29 is 19.0 Å². The Morgan fingerprint density at radius 1 is 1.30 bits per heavy atom. The number of benzene rings is 1. The number of carbonyl (C=O) groups excluding carboxylic acids is 1. The van der Waals surface area contributed by atoms with Crippen LogP contribution in [-0.2, 0) is 4.79 Å². The molecular weight excluding hydrogens is 258 g/mol. The number of hydrogen-bond acceptors (Lipinski definition) is 4. The molecule has 0 aromatic heterocycles. The summed E-state index contributed by atoms with van der Waals surface area (Å²) >= 11 is 0. The van der Waals surface area contributed by atoms with Gasteiger partial charge in [0.2, 0.25) is 12.7 Å². The van der Waals surface area contributed by atoms with Crippen molar-refractivity contribution in [2.45, 2.75) is 32.1 Å². The summed E-state index contributed by atoms with van der Waals surface area (Å²) in [5.41, 5.74) is 0.639. The Balaban J connectivity index is 1.71. The molecule has 1 aliphatic heterocycles. The molecule has 0 spiro atoms. The number of ether oxygens (including phenoxy) is 3. The normalized spacial score (nSPS) is 17.2. The van der Waals surface area contributed by atoms with Gasteiger partial charge in [0.05, 0.1) is 12.8 Å². The predicted molar refractivity (Wildman–Crippen MR) is 74.3 cm³/mol. The first-order valence-corrected chi connectivity index (χ1v) is 7.04. The second kappa shape index (κ2) is 5.61. The van der Waals surface area contributed by atoms with E-state index in [-0.39, 0.29) is 12.7 Å². The SMILES string of the molecule is COc1cc2c(cc1NC(=O)CC1CCCC1)OCO2. The second-order valence-corrected chi connectivity index (χ2v) is 5.31. The van der Waals surface area contributed by atoms with Gasteiger partial charge in [-0.1, -0.05) is 12.8 Å². The van der Waals surface area contributed by atoms with Crippen LogP contribution in [0.5, 0.6) is 17.2 Å². The molecule has 0 unspecified atom stereocenters. The van der Waals surface area contributed by atoms with E-state index in [0.29, 0.717) is 35.3 Å². The van der Waals surface area contributed by atoms with Crippen LogP contribution in [0.25, 0.3) is 0 Å². The number of rotatable bonds is 4. The fraction of sp³-hybridized carbons (Fsp3) is 0.533. The van der Waals surface area contributed by atoms with Crippen molar-refractivity contribution in [1.82, 2.24) is 0 Å². The summed E-state index contributed by atoms with van der Waals surface area (Å²) in [4.78, 5) is 12.1. The fourth-order valence-corrected chi connectivity index (χ4v) is 2.87. The molecule has 0 bridgehead atoms. The summed E-state index contributed by atoms with van der Waals surface area (Å²) in [5.74, 6) is 2.44. The highest BCUT2D eigenvalue weighted by Crippen LogP contribution is 2.41. The Labute approximate surface area is 118 Å². The van der Waals surface area contributed by atoms with E-state index in [1.165, 1.54) is 12.8 Å². The molecule has 0 atom stereocenters. The van der Waals surface area contributed by atoms with Crippen LogP contribution in [0.3, 0.4) is 0 Å². The van der Waals surface area contributed by atoms with Gasteiger partial charge in [0.15, 0.2) is 11.5 Å². The van der Waals surface area contributed by atoms with E-state index >= 15 is 0 Å². The molecule has 108 valence electrons. The molecule has 20 heavy (non-hydrogen) atoms. The molecule has 1 heterocycles. The molecule has 0 saturated heterocycles. The first-order valence-electron chi connectivity index (χ1n) is 7.04.